The maximum absolute atomic E-state index is 5.29. The van der Waals surface area contributed by atoms with E-state index in [-0.39, 0.29) is 0 Å². The molecule has 2 aliphatic heterocycles. The van der Waals surface area contributed by atoms with Gasteiger partial charge in [-0.1, -0.05) is 50.1 Å². The first kappa shape index (κ1) is 25.5. The predicted molar refractivity (Wildman–Crippen MR) is 174 cm³/mol. The number of anilines is 2. The summed E-state index contributed by atoms with van der Waals surface area (Å²) in [4.78, 5) is 14.5. The molecule has 0 fully saturated rings. The molecule has 0 amide bonds. The molecular weight excluding hydrogens is 648 g/mol. The molecule has 1 aromatic heterocycles. The first-order valence-electron chi connectivity index (χ1n) is 12.9. The second kappa shape index (κ2) is 10.5. The highest BCUT2D eigenvalue weighted by molar-refractivity contribution is 9.10. The van der Waals surface area contributed by atoms with Gasteiger partial charge in [-0.2, -0.15) is 0 Å². The summed E-state index contributed by atoms with van der Waals surface area (Å²) in [5, 5.41) is 0.956. The van der Waals surface area contributed by atoms with Crippen molar-refractivity contribution in [1.29, 1.82) is 0 Å². The van der Waals surface area contributed by atoms with Crippen LogP contribution in [0.3, 0.4) is 0 Å². The molecule has 8 heteroatoms. The predicted octanol–water partition coefficient (Wildman–Crippen LogP) is 9.05. The standard InChI is InChI=1S/C32H24Br2N4OS/c1-39-26-7-3-21(27(34)15-26)4-11-32-36-28-8-6-25(14-31(28)40-32)35-16-20-2-9-29-22(12-20)17-37-19-38(29)18-23-13-24(33)5-10-30(23)37/h2-16H,17-19H2,1H3/b11-4+,35-16+. The molecule has 2 aliphatic rings. The number of rotatable bonds is 5. The van der Waals surface area contributed by atoms with E-state index in [2.05, 4.69) is 90.2 Å². The molecule has 7 rings (SSSR count). The zero-order valence-electron chi connectivity index (χ0n) is 21.6. The molecule has 0 atom stereocenters. The summed E-state index contributed by atoms with van der Waals surface area (Å²) in [6.45, 7) is 2.76. The van der Waals surface area contributed by atoms with E-state index in [9.17, 15) is 0 Å². The van der Waals surface area contributed by atoms with E-state index in [1.54, 1.807) is 18.4 Å². The molecule has 40 heavy (non-hydrogen) atoms. The molecule has 4 aromatic carbocycles. The van der Waals surface area contributed by atoms with Crippen molar-refractivity contribution >= 4 is 88.8 Å². The van der Waals surface area contributed by atoms with Crippen molar-refractivity contribution in [2.75, 3.05) is 23.6 Å². The number of thiazole rings is 1. The van der Waals surface area contributed by atoms with Crippen LogP contribution in [-0.4, -0.2) is 25.0 Å². The van der Waals surface area contributed by atoms with Gasteiger partial charge in [-0.15, -0.1) is 11.3 Å². The molecular formula is C32H24Br2N4OS. The van der Waals surface area contributed by atoms with Crippen molar-refractivity contribution in [2.45, 2.75) is 13.1 Å². The van der Waals surface area contributed by atoms with Crippen LogP contribution < -0.4 is 14.5 Å². The highest BCUT2D eigenvalue weighted by atomic mass is 79.9. The van der Waals surface area contributed by atoms with Crippen LogP contribution in [0.4, 0.5) is 17.1 Å². The maximum Gasteiger partial charge on any atom is 0.120 e. The molecule has 2 bridgehead atoms. The molecule has 0 spiro atoms. The Morgan fingerprint density at radius 3 is 2.48 bits per heavy atom. The van der Waals surface area contributed by atoms with Crippen LogP contribution in [0.15, 0.2) is 86.7 Å². The minimum absolute atomic E-state index is 0.824. The minimum atomic E-state index is 0.824. The first-order chi connectivity index (χ1) is 19.5. The molecule has 3 heterocycles. The smallest absolute Gasteiger partial charge is 0.120 e. The highest BCUT2D eigenvalue weighted by Gasteiger charge is 2.29. The van der Waals surface area contributed by atoms with Crippen LogP contribution in [0.25, 0.3) is 22.4 Å². The van der Waals surface area contributed by atoms with Gasteiger partial charge in [0.05, 0.1) is 29.7 Å². The van der Waals surface area contributed by atoms with Gasteiger partial charge >= 0.3 is 0 Å². The van der Waals surface area contributed by atoms with Crippen molar-refractivity contribution in [3.05, 3.63) is 109 Å². The summed E-state index contributed by atoms with van der Waals surface area (Å²) in [6.07, 6.45) is 6.08. The zero-order chi connectivity index (χ0) is 27.2. The van der Waals surface area contributed by atoms with Crippen LogP contribution >= 0.6 is 43.2 Å². The molecule has 0 N–H and O–H groups in total. The van der Waals surface area contributed by atoms with Crippen molar-refractivity contribution in [2.24, 2.45) is 4.99 Å². The maximum atomic E-state index is 5.29. The Morgan fingerprint density at radius 1 is 0.875 bits per heavy atom. The van der Waals surface area contributed by atoms with E-state index in [0.717, 1.165) is 66.5 Å². The van der Waals surface area contributed by atoms with Crippen LogP contribution in [0.2, 0.25) is 0 Å². The average molecular weight is 672 g/mol. The van der Waals surface area contributed by atoms with E-state index in [0.29, 0.717) is 0 Å². The van der Waals surface area contributed by atoms with Crippen LogP contribution in [-0.2, 0) is 13.1 Å². The average Bonchev–Trinajstić information content (AvgIpc) is 3.37. The van der Waals surface area contributed by atoms with Gasteiger partial charge in [0.2, 0.25) is 0 Å². The number of benzene rings is 4. The van der Waals surface area contributed by atoms with E-state index in [1.165, 1.54) is 22.5 Å². The van der Waals surface area contributed by atoms with E-state index in [4.69, 9.17) is 14.7 Å². The van der Waals surface area contributed by atoms with Crippen molar-refractivity contribution in [3.8, 4) is 5.75 Å². The molecule has 0 saturated carbocycles. The zero-order valence-corrected chi connectivity index (χ0v) is 25.6. The van der Waals surface area contributed by atoms with E-state index >= 15 is 0 Å². The van der Waals surface area contributed by atoms with Gasteiger partial charge in [0.1, 0.15) is 10.8 Å². The number of hydrogen-bond donors (Lipinski definition) is 0. The number of aromatic nitrogens is 1. The highest BCUT2D eigenvalue weighted by Crippen LogP contribution is 2.39. The summed E-state index contributed by atoms with van der Waals surface area (Å²) < 4.78 is 8.52. The molecule has 5 nitrogen and oxygen atoms in total. The topological polar surface area (TPSA) is 41.0 Å². The molecule has 5 aromatic rings. The lowest BCUT2D eigenvalue weighted by molar-refractivity contribution is 0.414. The Bertz CT molecular complexity index is 1830. The van der Waals surface area contributed by atoms with Crippen LogP contribution in [0.5, 0.6) is 5.75 Å². The van der Waals surface area contributed by atoms with E-state index < -0.39 is 0 Å². The van der Waals surface area contributed by atoms with Gasteiger partial charge in [-0.05, 0) is 89.0 Å². The lowest BCUT2D eigenvalue weighted by Crippen LogP contribution is -2.46. The number of hydrogen-bond acceptors (Lipinski definition) is 6. The van der Waals surface area contributed by atoms with Crippen molar-refractivity contribution in [1.82, 2.24) is 4.98 Å². The van der Waals surface area contributed by atoms with Gasteiger partial charge in [-0.25, -0.2) is 4.98 Å². The Labute approximate surface area is 253 Å². The number of ether oxygens (including phenoxy) is 1. The Hall–Kier alpha value is -3.46. The summed E-state index contributed by atoms with van der Waals surface area (Å²) in [5.41, 5.74) is 9.42. The number of fused-ring (bicyclic) bond motifs is 7. The van der Waals surface area contributed by atoms with Gasteiger partial charge in [-0.3, -0.25) is 4.99 Å². The number of nitrogens with zero attached hydrogens (tertiary/aromatic N) is 4. The van der Waals surface area contributed by atoms with Gasteiger partial charge in [0.25, 0.3) is 0 Å². The number of halogens is 2. The Balaban J connectivity index is 1.09. The normalized spacial score (nSPS) is 14.3. The number of methoxy groups -OCH3 is 1. The molecule has 0 unspecified atom stereocenters. The fourth-order valence-corrected chi connectivity index (χ4v) is 7.11. The monoisotopic (exact) mass is 670 g/mol. The largest absolute Gasteiger partial charge is 0.497 e. The third kappa shape index (κ3) is 4.96. The summed E-state index contributed by atoms with van der Waals surface area (Å²) in [6, 6.07) is 25.4. The van der Waals surface area contributed by atoms with Crippen LogP contribution in [0.1, 0.15) is 27.3 Å². The SMILES string of the molecule is COc1ccc(/C=C/c2nc3ccc(/N=C/c4ccc5c(c4)CN4CN5Cc5cc(Br)ccc54)cc3s2)c(Br)c1. The molecule has 0 aliphatic carbocycles. The van der Waals surface area contributed by atoms with Crippen molar-refractivity contribution < 1.29 is 4.74 Å². The second-order valence-electron chi connectivity index (χ2n) is 9.88. The fraction of sp³-hybridized carbons (Fsp3) is 0.125. The van der Waals surface area contributed by atoms with Crippen LogP contribution in [0, 0.1) is 0 Å². The number of aliphatic imine (C=N–C) groups is 1. The summed E-state index contributed by atoms with van der Waals surface area (Å²) >= 11 is 8.90. The lowest BCUT2D eigenvalue weighted by atomic mass is 10.0. The quantitative estimate of drug-likeness (QED) is 0.175. The lowest BCUT2D eigenvalue weighted by Gasteiger charge is -2.44. The minimum Gasteiger partial charge on any atom is -0.497 e. The first-order valence-corrected chi connectivity index (χ1v) is 15.3. The van der Waals surface area contributed by atoms with Gasteiger partial charge in [0, 0.05) is 39.6 Å². The molecule has 198 valence electrons. The summed E-state index contributed by atoms with van der Waals surface area (Å²) in [7, 11) is 1.67. The van der Waals surface area contributed by atoms with Crippen molar-refractivity contribution in [3.63, 3.8) is 0 Å². The van der Waals surface area contributed by atoms with Gasteiger partial charge < -0.3 is 14.5 Å². The Kier molecular flexibility index (Phi) is 6.70. The molecule has 0 radical (unpaired) electrons. The Morgan fingerprint density at radius 2 is 1.68 bits per heavy atom. The third-order valence-electron chi connectivity index (χ3n) is 7.25. The summed E-state index contributed by atoms with van der Waals surface area (Å²) in [5.74, 6) is 0.824. The fourth-order valence-electron chi connectivity index (χ4n) is 5.31. The van der Waals surface area contributed by atoms with E-state index in [1.807, 2.05) is 42.6 Å². The second-order valence-corrected chi connectivity index (χ2v) is 12.7. The molecule has 0 saturated heterocycles. The third-order valence-corrected chi connectivity index (χ3v) is 9.42. The van der Waals surface area contributed by atoms with Gasteiger partial charge in [0.15, 0.2) is 0 Å².